The minimum atomic E-state index is -1.16. The standard InChI is InChI=1S/C56H67N9O8S2/c1-35(2)28-55(4)33-56(29-39(27-48(55)56)71-25-22-63(6)23-26-74-70)34-65-36(3)43(30-59-65)41-16-18-49(61-50(41)52(67)68)64-21-19-40-44(31-64)42(51(66)62-53-60-45-9-7-8-10-47(45)75-53)15-17-46(40)72-24-20-58-54(69)73-32-37-11-13-38(57-5)14-12-37/h7-18,27,30,35,39,57,70H,19-26,28-29,31-34H2,1-6H3,(H,58,69)(H,67,68)(H,60,62,66). The molecule has 3 aromatic carbocycles. The van der Waals surface area contributed by atoms with E-state index in [9.17, 15) is 24.0 Å². The van der Waals surface area contributed by atoms with Crippen LogP contribution in [0.5, 0.6) is 5.75 Å². The predicted octanol–water partition coefficient (Wildman–Crippen LogP) is 10.0. The fourth-order valence-electron chi connectivity index (χ4n) is 11.4. The van der Waals surface area contributed by atoms with Crippen molar-refractivity contribution >= 4 is 68.2 Å². The highest BCUT2D eigenvalue weighted by molar-refractivity contribution is 7.93. The summed E-state index contributed by atoms with van der Waals surface area (Å²) < 4.78 is 30.3. The first kappa shape index (κ1) is 53.3. The molecular formula is C56H67N9O8S2. The van der Waals surface area contributed by atoms with Crippen molar-refractivity contribution in [3.05, 3.63) is 124 Å². The van der Waals surface area contributed by atoms with Gasteiger partial charge in [0.15, 0.2) is 10.8 Å². The summed E-state index contributed by atoms with van der Waals surface area (Å²) in [5.41, 5.74) is 7.92. The molecule has 19 heteroatoms. The smallest absolute Gasteiger partial charge is 0.407 e. The minimum absolute atomic E-state index is 0.0106. The summed E-state index contributed by atoms with van der Waals surface area (Å²) in [6, 6.07) is 22.5. The quantitative estimate of drug-likeness (QED) is 0.0230. The number of para-hydroxylation sites is 1. The number of hydrogen-bond donors (Lipinski definition) is 5. The van der Waals surface area contributed by atoms with Crippen LogP contribution >= 0.6 is 23.4 Å². The Morgan fingerprint density at radius 2 is 1.81 bits per heavy atom. The second-order valence-electron chi connectivity index (χ2n) is 20.6. The third-order valence-corrected chi connectivity index (χ3v) is 16.1. The van der Waals surface area contributed by atoms with E-state index in [-0.39, 0.29) is 54.8 Å². The summed E-state index contributed by atoms with van der Waals surface area (Å²) in [5.74, 6) is 0.729. The summed E-state index contributed by atoms with van der Waals surface area (Å²) in [5, 5.41) is 24.9. The second kappa shape index (κ2) is 23.2. The maximum absolute atomic E-state index is 14.2. The van der Waals surface area contributed by atoms with E-state index in [0.29, 0.717) is 76.7 Å². The maximum Gasteiger partial charge on any atom is 0.407 e. The van der Waals surface area contributed by atoms with E-state index in [2.05, 4.69) is 52.7 Å². The number of nitrogens with zero attached hydrogens (tertiary/aromatic N) is 6. The SMILES string of the molecule is CNc1ccc(COC(=O)NCCOc2ccc(C(=O)Nc3nc4ccccc4s3)c3c2CCN(c2ccc(-c4cnn(CC56CC(OCCN(C)CCSO)C=C5C(C)(CC(C)C)C6)c4C)c(C(=O)O)n2)C3)cc1. The fourth-order valence-corrected chi connectivity index (χ4v) is 12.7. The van der Waals surface area contributed by atoms with Crippen molar-refractivity contribution in [1.29, 1.82) is 0 Å². The summed E-state index contributed by atoms with van der Waals surface area (Å²) in [6.45, 7) is 12.9. The van der Waals surface area contributed by atoms with Crippen molar-refractivity contribution in [3.8, 4) is 16.9 Å². The number of ether oxygens (including phenoxy) is 3. The van der Waals surface area contributed by atoms with Crippen molar-refractivity contribution in [2.45, 2.75) is 79.2 Å². The summed E-state index contributed by atoms with van der Waals surface area (Å²) in [6.07, 6.45) is 6.96. The highest BCUT2D eigenvalue weighted by Gasteiger charge is 2.60. The molecule has 5 N–H and O–H groups in total. The predicted molar refractivity (Wildman–Crippen MR) is 295 cm³/mol. The van der Waals surface area contributed by atoms with Gasteiger partial charge in [0, 0.05) is 78.0 Å². The topological polar surface area (TPSA) is 206 Å². The Morgan fingerprint density at radius 3 is 2.57 bits per heavy atom. The molecule has 1 aliphatic heterocycles. The number of hydrogen-bond acceptors (Lipinski definition) is 15. The zero-order valence-electron chi connectivity index (χ0n) is 43.5. The Hall–Kier alpha value is -6.51. The lowest BCUT2D eigenvalue weighted by atomic mass is 9.48. The Bertz CT molecular complexity index is 3040. The molecule has 75 heavy (non-hydrogen) atoms. The number of anilines is 3. The van der Waals surface area contributed by atoms with Crippen LogP contribution in [0.1, 0.15) is 83.3 Å². The molecule has 4 heterocycles. The van der Waals surface area contributed by atoms with Gasteiger partial charge in [-0.1, -0.05) is 68.0 Å². The number of carbonyl (C=O) groups excluding carboxylic acids is 2. The van der Waals surface area contributed by atoms with Crippen LogP contribution in [-0.4, -0.2) is 118 Å². The molecule has 0 bridgehead atoms. The molecule has 3 aromatic heterocycles. The third kappa shape index (κ3) is 12.0. The molecule has 396 valence electrons. The molecule has 17 nitrogen and oxygen atoms in total. The van der Waals surface area contributed by atoms with Crippen LogP contribution in [0.15, 0.2) is 90.6 Å². The minimum Gasteiger partial charge on any atom is -0.491 e. The number of amides is 2. The number of carbonyl (C=O) groups is 3. The highest BCUT2D eigenvalue weighted by atomic mass is 32.2. The van der Waals surface area contributed by atoms with Gasteiger partial charge in [-0.2, -0.15) is 5.10 Å². The van der Waals surface area contributed by atoms with Crippen molar-refractivity contribution < 1.29 is 38.3 Å². The van der Waals surface area contributed by atoms with Crippen LogP contribution in [-0.2, 0) is 35.6 Å². The number of carboxylic acid groups (broad SMARTS) is 1. The normalized spacial score (nSPS) is 18.9. The second-order valence-corrected chi connectivity index (χ2v) is 22.3. The van der Waals surface area contributed by atoms with Crippen LogP contribution in [0.3, 0.4) is 0 Å². The highest BCUT2D eigenvalue weighted by Crippen LogP contribution is 2.67. The molecule has 1 fully saturated rings. The van der Waals surface area contributed by atoms with Crippen molar-refractivity contribution in [1.82, 2.24) is 30.0 Å². The summed E-state index contributed by atoms with van der Waals surface area (Å²) >= 11 is 2.24. The first-order valence-corrected chi connectivity index (χ1v) is 27.3. The number of likely N-dealkylation sites (N-methyl/N-ethyl adjacent to an activating group) is 1. The van der Waals surface area contributed by atoms with E-state index in [1.807, 2.05) is 91.3 Å². The van der Waals surface area contributed by atoms with Gasteiger partial charge in [-0.3, -0.25) is 14.8 Å². The van der Waals surface area contributed by atoms with Crippen LogP contribution in [0.25, 0.3) is 21.3 Å². The molecule has 6 aromatic rings. The molecule has 1 saturated carbocycles. The van der Waals surface area contributed by atoms with E-state index in [4.69, 9.17) is 24.3 Å². The molecule has 2 aliphatic carbocycles. The van der Waals surface area contributed by atoms with Crippen LogP contribution in [0.4, 0.5) is 21.4 Å². The lowest BCUT2D eigenvalue weighted by Gasteiger charge is -2.56. The van der Waals surface area contributed by atoms with E-state index in [1.54, 1.807) is 18.3 Å². The Labute approximate surface area is 446 Å². The number of nitrogens with one attached hydrogen (secondary N) is 3. The van der Waals surface area contributed by atoms with Gasteiger partial charge >= 0.3 is 12.1 Å². The third-order valence-electron chi connectivity index (χ3n) is 14.7. The fraction of sp³-hybridized carbons (Fsp3) is 0.429. The van der Waals surface area contributed by atoms with Gasteiger partial charge in [0.1, 0.15) is 24.8 Å². The first-order valence-electron chi connectivity index (χ1n) is 25.6. The number of benzene rings is 3. The monoisotopic (exact) mass is 1060 g/mol. The van der Waals surface area contributed by atoms with Gasteiger partial charge < -0.3 is 44.3 Å². The maximum atomic E-state index is 14.2. The number of thiazole rings is 1. The summed E-state index contributed by atoms with van der Waals surface area (Å²) in [4.78, 5) is 53.5. The molecule has 0 radical (unpaired) electrons. The number of aromatic nitrogens is 4. The number of fused-ring (bicyclic) bond motifs is 3. The average Bonchev–Trinajstić information content (AvgIpc) is 4.09. The van der Waals surface area contributed by atoms with Gasteiger partial charge in [0.05, 0.1) is 42.2 Å². The van der Waals surface area contributed by atoms with Crippen molar-refractivity contribution in [2.75, 3.05) is 74.8 Å². The van der Waals surface area contributed by atoms with Crippen molar-refractivity contribution in [2.24, 2.45) is 16.7 Å². The number of pyridine rings is 1. The van der Waals surface area contributed by atoms with Crippen LogP contribution in [0.2, 0.25) is 0 Å². The molecule has 3 unspecified atom stereocenters. The molecule has 2 amide bonds. The molecule has 3 aliphatic rings. The van der Waals surface area contributed by atoms with Crippen LogP contribution in [0, 0.1) is 23.7 Å². The number of alkyl carbamates (subject to hydrolysis) is 1. The Balaban J connectivity index is 0.916. The molecule has 3 atom stereocenters. The van der Waals surface area contributed by atoms with Gasteiger partial charge in [0.2, 0.25) is 0 Å². The lowest BCUT2D eigenvalue weighted by Crippen LogP contribution is -2.49. The van der Waals surface area contributed by atoms with Gasteiger partial charge in [-0.05, 0) is 123 Å². The van der Waals surface area contributed by atoms with Gasteiger partial charge in [-0.15, -0.1) is 0 Å². The number of carboxylic acids is 1. The number of aromatic carboxylic acids is 1. The van der Waals surface area contributed by atoms with Gasteiger partial charge in [0.25, 0.3) is 5.91 Å². The lowest BCUT2D eigenvalue weighted by molar-refractivity contribution is 0.00487. The van der Waals surface area contributed by atoms with E-state index in [1.165, 1.54) is 16.9 Å². The Morgan fingerprint density at radius 1 is 1.00 bits per heavy atom. The zero-order valence-corrected chi connectivity index (χ0v) is 45.1. The molecule has 0 saturated heterocycles. The van der Waals surface area contributed by atoms with E-state index in [0.717, 1.165) is 77.1 Å². The largest absolute Gasteiger partial charge is 0.491 e. The number of rotatable bonds is 23. The summed E-state index contributed by atoms with van der Waals surface area (Å²) in [7, 11) is 3.88. The van der Waals surface area contributed by atoms with Crippen molar-refractivity contribution in [3.63, 3.8) is 0 Å². The molecular weight excluding hydrogens is 991 g/mol. The average molecular weight is 1060 g/mol. The molecule has 0 spiro atoms. The molecule has 9 rings (SSSR count). The number of allylic oxidation sites excluding steroid dienone is 1. The van der Waals surface area contributed by atoms with Gasteiger partial charge in [-0.25, -0.2) is 19.6 Å². The zero-order chi connectivity index (χ0) is 52.9. The first-order chi connectivity index (χ1) is 36.1. The van der Waals surface area contributed by atoms with Crippen LogP contribution < -0.4 is 25.6 Å². The van der Waals surface area contributed by atoms with E-state index < -0.39 is 12.1 Å². The van der Waals surface area contributed by atoms with E-state index >= 15 is 0 Å². The Kier molecular flexibility index (Phi) is 16.5.